The van der Waals surface area contributed by atoms with Crippen molar-refractivity contribution in [2.45, 2.75) is 52.7 Å². The number of amides is 1. The lowest BCUT2D eigenvalue weighted by Crippen LogP contribution is -2.51. The van der Waals surface area contributed by atoms with Gasteiger partial charge in [-0.3, -0.25) is 5.43 Å². The molecular formula is C15H24N2O2. The molecule has 0 aliphatic carbocycles. The van der Waals surface area contributed by atoms with Gasteiger partial charge in [0, 0.05) is 0 Å². The minimum absolute atomic E-state index is 0.385. The van der Waals surface area contributed by atoms with Gasteiger partial charge in [0.15, 0.2) is 0 Å². The zero-order chi connectivity index (χ0) is 14.7. The molecule has 1 N–H and O–H groups in total. The van der Waals surface area contributed by atoms with Gasteiger partial charge in [-0.1, -0.05) is 18.2 Å². The fourth-order valence-electron chi connectivity index (χ4n) is 1.44. The molecule has 0 saturated heterocycles. The summed E-state index contributed by atoms with van der Waals surface area (Å²) in [5.41, 5.74) is 3.04. The van der Waals surface area contributed by atoms with Crippen LogP contribution < -0.4 is 5.43 Å². The minimum atomic E-state index is -0.515. The lowest BCUT2D eigenvalue weighted by Gasteiger charge is -2.37. The first kappa shape index (κ1) is 15.3. The fourth-order valence-corrected chi connectivity index (χ4v) is 1.44. The van der Waals surface area contributed by atoms with Crippen LogP contribution in [0.25, 0.3) is 0 Å². The molecule has 0 spiro atoms. The number of hydrogen-bond donors (Lipinski definition) is 1. The van der Waals surface area contributed by atoms with E-state index < -0.39 is 11.1 Å². The summed E-state index contributed by atoms with van der Waals surface area (Å²) in [6.45, 7) is 11.4. The molecule has 0 unspecified atom stereocenters. The van der Waals surface area contributed by atoms with E-state index in [1.165, 1.54) is 5.01 Å². The van der Waals surface area contributed by atoms with Crippen LogP contribution in [0.5, 0.6) is 0 Å². The van der Waals surface area contributed by atoms with Crippen LogP contribution in [0.2, 0.25) is 0 Å². The molecule has 1 aromatic carbocycles. The average Bonchev–Trinajstić information content (AvgIpc) is 2.23. The summed E-state index contributed by atoms with van der Waals surface area (Å²) in [5.74, 6) is 0. The van der Waals surface area contributed by atoms with Gasteiger partial charge in [0.2, 0.25) is 0 Å². The van der Waals surface area contributed by atoms with E-state index in [2.05, 4.69) is 5.43 Å². The van der Waals surface area contributed by atoms with E-state index in [0.717, 1.165) is 5.69 Å². The van der Waals surface area contributed by atoms with E-state index >= 15 is 0 Å². The largest absolute Gasteiger partial charge is 0.442 e. The van der Waals surface area contributed by atoms with Crippen LogP contribution in [-0.2, 0) is 4.74 Å². The summed E-state index contributed by atoms with van der Waals surface area (Å²) in [6.07, 6.45) is -0.385. The number of para-hydroxylation sites is 1. The third-order valence-electron chi connectivity index (χ3n) is 2.26. The van der Waals surface area contributed by atoms with Gasteiger partial charge in [0.25, 0.3) is 0 Å². The maximum Gasteiger partial charge on any atom is 0.429 e. The first-order valence-electron chi connectivity index (χ1n) is 6.44. The van der Waals surface area contributed by atoms with Crippen LogP contribution >= 0.6 is 0 Å². The molecule has 0 bridgehead atoms. The average molecular weight is 264 g/mol. The number of anilines is 1. The van der Waals surface area contributed by atoms with E-state index in [-0.39, 0.29) is 6.09 Å². The predicted molar refractivity (Wildman–Crippen MR) is 77.9 cm³/mol. The maximum atomic E-state index is 12.3. The molecule has 1 aromatic rings. The highest BCUT2D eigenvalue weighted by Gasteiger charge is 2.31. The summed E-state index contributed by atoms with van der Waals surface area (Å²) < 4.78 is 5.42. The van der Waals surface area contributed by atoms with Gasteiger partial charge >= 0.3 is 6.09 Å². The van der Waals surface area contributed by atoms with Crippen LogP contribution in [0.15, 0.2) is 30.3 Å². The van der Waals surface area contributed by atoms with Gasteiger partial charge in [0.1, 0.15) is 5.60 Å². The SMILES string of the molecule is CC(C)(C)OC(=O)N(Nc1ccccc1)C(C)(C)C. The smallest absolute Gasteiger partial charge is 0.429 e. The number of hydrogen-bond acceptors (Lipinski definition) is 3. The second-order valence-electron chi connectivity index (χ2n) is 6.46. The van der Waals surface area contributed by atoms with Crippen LogP contribution in [0, 0.1) is 0 Å². The molecule has 0 aliphatic heterocycles. The van der Waals surface area contributed by atoms with Crippen molar-refractivity contribution in [2.75, 3.05) is 5.43 Å². The zero-order valence-corrected chi connectivity index (χ0v) is 12.7. The summed E-state index contributed by atoms with van der Waals surface area (Å²) in [5, 5.41) is 1.51. The first-order chi connectivity index (χ1) is 8.59. The van der Waals surface area contributed by atoms with Gasteiger partial charge in [-0.25, -0.2) is 9.80 Å². The van der Waals surface area contributed by atoms with Crippen molar-refractivity contribution >= 4 is 11.8 Å². The van der Waals surface area contributed by atoms with Gasteiger partial charge < -0.3 is 4.74 Å². The molecule has 1 rings (SSSR count). The Balaban J connectivity index is 2.88. The monoisotopic (exact) mass is 264 g/mol. The predicted octanol–water partition coefficient (Wildman–Crippen LogP) is 4.05. The highest BCUT2D eigenvalue weighted by molar-refractivity contribution is 5.71. The summed E-state index contributed by atoms with van der Waals surface area (Å²) in [7, 11) is 0. The van der Waals surface area contributed by atoms with Crippen LogP contribution in [0.4, 0.5) is 10.5 Å². The number of carbonyl (C=O) groups is 1. The first-order valence-corrected chi connectivity index (χ1v) is 6.44. The van der Waals surface area contributed by atoms with Crippen molar-refractivity contribution in [1.29, 1.82) is 0 Å². The van der Waals surface area contributed by atoms with Gasteiger partial charge in [-0.15, -0.1) is 0 Å². The maximum absolute atomic E-state index is 12.3. The van der Waals surface area contributed by atoms with Gasteiger partial charge in [0.05, 0.1) is 11.2 Å². The standard InChI is InChI=1S/C15H24N2O2/c1-14(2,3)17(13(18)19-15(4,5)6)16-12-10-8-7-9-11-12/h7-11,16H,1-6H3. The normalized spacial score (nSPS) is 11.9. The Morgan fingerprint density at radius 2 is 1.58 bits per heavy atom. The molecule has 1 amide bonds. The van der Waals surface area contributed by atoms with Gasteiger partial charge in [-0.2, -0.15) is 0 Å². The molecule has 106 valence electrons. The zero-order valence-electron chi connectivity index (χ0n) is 12.7. The third kappa shape index (κ3) is 5.20. The van der Waals surface area contributed by atoms with Crippen molar-refractivity contribution < 1.29 is 9.53 Å². The molecule has 0 aliphatic rings. The Hall–Kier alpha value is -1.71. The molecule has 0 saturated carbocycles. The Morgan fingerprint density at radius 1 is 1.05 bits per heavy atom. The fraction of sp³-hybridized carbons (Fsp3) is 0.533. The van der Waals surface area contributed by atoms with Crippen LogP contribution in [0.3, 0.4) is 0 Å². The summed E-state index contributed by atoms with van der Waals surface area (Å²) in [6, 6.07) is 9.57. The Kier molecular flexibility index (Phi) is 4.45. The molecule has 0 fully saturated rings. The Morgan fingerprint density at radius 3 is 2.00 bits per heavy atom. The highest BCUT2D eigenvalue weighted by atomic mass is 16.6. The van der Waals surface area contributed by atoms with E-state index in [0.29, 0.717) is 0 Å². The number of rotatable bonds is 2. The molecule has 0 aromatic heterocycles. The number of nitrogens with one attached hydrogen (secondary N) is 1. The number of benzene rings is 1. The summed E-state index contributed by atoms with van der Waals surface area (Å²) in [4.78, 5) is 12.3. The molecule has 0 atom stereocenters. The van der Waals surface area contributed by atoms with E-state index in [1.54, 1.807) is 0 Å². The second-order valence-corrected chi connectivity index (χ2v) is 6.46. The second kappa shape index (κ2) is 5.51. The van der Waals surface area contributed by atoms with Crippen molar-refractivity contribution in [3.05, 3.63) is 30.3 Å². The molecular weight excluding hydrogens is 240 g/mol. The van der Waals surface area contributed by atoms with E-state index in [4.69, 9.17) is 4.74 Å². The summed E-state index contributed by atoms with van der Waals surface area (Å²) >= 11 is 0. The van der Waals surface area contributed by atoms with Gasteiger partial charge in [-0.05, 0) is 53.7 Å². The van der Waals surface area contributed by atoms with Crippen LogP contribution in [-0.4, -0.2) is 22.2 Å². The van der Waals surface area contributed by atoms with E-state index in [9.17, 15) is 4.79 Å². The third-order valence-corrected chi connectivity index (χ3v) is 2.26. The number of ether oxygens (including phenoxy) is 1. The number of carbonyl (C=O) groups excluding carboxylic acids is 1. The van der Waals surface area contributed by atoms with Crippen LogP contribution in [0.1, 0.15) is 41.5 Å². The molecule has 4 heteroatoms. The van der Waals surface area contributed by atoms with E-state index in [1.807, 2.05) is 71.9 Å². The molecule has 0 radical (unpaired) electrons. The number of hydrazine groups is 1. The van der Waals surface area contributed by atoms with Crippen molar-refractivity contribution in [3.8, 4) is 0 Å². The topological polar surface area (TPSA) is 41.6 Å². The Labute approximate surface area is 115 Å². The molecule has 0 heterocycles. The molecule has 4 nitrogen and oxygen atoms in total. The lowest BCUT2D eigenvalue weighted by atomic mass is 10.1. The lowest BCUT2D eigenvalue weighted by molar-refractivity contribution is 0.0136. The minimum Gasteiger partial charge on any atom is -0.442 e. The number of nitrogens with zero attached hydrogens (tertiary/aromatic N) is 1. The molecule has 19 heavy (non-hydrogen) atoms. The Bertz CT molecular complexity index is 416. The van der Waals surface area contributed by atoms with Crippen molar-refractivity contribution in [2.24, 2.45) is 0 Å². The quantitative estimate of drug-likeness (QED) is 0.819. The van der Waals surface area contributed by atoms with Crippen molar-refractivity contribution in [1.82, 2.24) is 5.01 Å². The highest BCUT2D eigenvalue weighted by Crippen LogP contribution is 2.20. The van der Waals surface area contributed by atoms with Crippen molar-refractivity contribution in [3.63, 3.8) is 0 Å².